The van der Waals surface area contributed by atoms with Gasteiger partial charge in [-0.05, 0) is 47.9 Å². The molecule has 1 amide bonds. The van der Waals surface area contributed by atoms with Crippen molar-refractivity contribution < 1.29 is 4.79 Å². The van der Waals surface area contributed by atoms with Gasteiger partial charge in [-0.15, -0.1) is 11.3 Å². The van der Waals surface area contributed by atoms with Gasteiger partial charge in [-0.1, -0.05) is 90.6 Å². The van der Waals surface area contributed by atoms with Crippen LogP contribution < -0.4 is 5.32 Å². The molecule has 33 heavy (non-hydrogen) atoms. The summed E-state index contributed by atoms with van der Waals surface area (Å²) in [6.07, 6.45) is 0. The molecule has 0 spiro atoms. The molecule has 4 aromatic carbocycles. The second-order valence-electron chi connectivity index (χ2n) is 7.75. The van der Waals surface area contributed by atoms with Crippen LogP contribution in [0.5, 0.6) is 0 Å². The van der Waals surface area contributed by atoms with Gasteiger partial charge in [-0.2, -0.15) is 0 Å². The Labute approximate surface area is 201 Å². The van der Waals surface area contributed by atoms with E-state index in [2.05, 4.69) is 53.8 Å². The van der Waals surface area contributed by atoms with Crippen molar-refractivity contribution in [3.05, 3.63) is 125 Å². The normalized spacial score (nSPS) is 11.1. The Kier molecular flexibility index (Phi) is 6.24. The molecule has 0 atom stereocenters. The maximum absolute atomic E-state index is 12.7. The van der Waals surface area contributed by atoms with Gasteiger partial charge in [0.15, 0.2) is 4.34 Å². The fraction of sp³-hybridized carbons (Fsp3) is 0.0714. The number of fused-ring (bicyclic) bond motifs is 1. The second-order valence-corrected chi connectivity index (χ2v) is 10.1. The summed E-state index contributed by atoms with van der Waals surface area (Å²) in [5.41, 5.74) is 5.86. The van der Waals surface area contributed by atoms with Gasteiger partial charge in [-0.3, -0.25) is 4.79 Å². The fourth-order valence-electron chi connectivity index (χ4n) is 3.74. The number of benzene rings is 4. The monoisotopic (exact) mass is 466 g/mol. The molecule has 1 heterocycles. The number of thioether (sulfide) groups is 1. The lowest BCUT2D eigenvalue weighted by Crippen LogP contribution is -2.13. The fourth-order valence-corrected chi connectivity index (χ4v) is 6.17. The van der Waals surface area contributed by atoms with Crippen molar-refractivity contribution in [2.75, 3.05) is 5.32 Å². The van der Waals surface area contributed by atoms with E-state index in [4.69, 9.17) is 4.98 Å². The summed E-state index contributed by atoms with van der Waals surface area (Å²) in [4.78, 5) is 17.6. The van der Waals surface area contributed by atoms with Gasteiger partial charge in [0.2, 0.25) is 0 Å². The molecule has 1 aromatic heterocycles. The van der Waals surface area contributed by atoms with E-state index in [1.165, 1.54) is 11.1 Å². The highest BCUT2D eigenvalue weighted by Crippen LogP contribution is 2.43. The van der Waals surface area contributed by atoms with Gasteiger partial charge in [0, 0.05) is 11.3 Å². The third-order valence-electron chi connectivity index (χ3n) is 5.44. The Hall–Kier alpha value is -3.41. The van der Waals surface area contributed by atoms with Crippen molar-refractivity contribution in [2.24, 2.45) is 0 Å². The Bertz CT molecular complexity index is 1360. The number of aromatic nitrogens is 1. The Morgan fingerprint density at radius 2 is 1.48 bits per heavy atom. The first-order valence-corrected chi connectivity index (χ1v) is 12.4. The summed E-state index contributed by atoms with van der Waals surface area (Å²) in [5.74, 6) is -0.0974. The number of hydrogen-bond donors (Lipinski definition) is 1. The number of nitrogens with zero attached hydrogens (tertiary/aromatic N) is 1. The highest BCUT2D eigenvalue weighted by molar-refractivity contribution is 8.01. The van der Waals surface area contributed by atoms with E-state index in [-0.39, 0.29) is 11.2 Å². The summed E-state index contributed by atoms with van der Waals surface area (Å²) in [6.45, 7) is 1.95. The van der Waals surface area contributed by atoms with Crippen molar-refractivity contribution in [3.8, 4) is 0 Å². The van der Waals surface area contributed by atoms with Crippen molar-refractivity contribution in [1.29, 1.82) is 0 Å². The molecule has 5 rings (SSSR count). The van der Waals surface area contributed by atoms with Gasteiger partial charge in [0.1, 0.15) is 0 Å². The number of nitrogens with one attached hydrogen (secondary N) is 1. The largest absolute Gasteiger partial charge is 0.322 e. The molecule has 3 nitrogen and oxygen atoms in total. The van der Waals surface area contributed by atoms with E-state index >= 15 is 0 Å². The van der Waals surface area contributed by atoms with Crippen LogP contribution in [0.25, 0.3) is 10.2 Å². The standard InChI is InChI=1S/C28H22N2OS2/c1-19-10-8-9-15-23(19)27(31)29-22-16-17-24-25(18-22)32-28(30-24)33-26(20-11-4-2-5-12-20)21-13-6-3-7-14-21/h2-18,26H,1H3,(H,29,31). The molecule has 162 valence electrons. The Morgan fingerprint density at radius 1 is 0.848 bits per heavy atom. The first kappa shape index (κ1) is 21.4. The molecule has 0 radical (unpaired) electrons. The van der Waals surface area contributed by atoms with Crippen molar-refractivity contribution in [2.45, 2.75) is 16.5 Å². The maximum atomic E-state index is 12.7. The summed E-state index contributed by atoms with van der Waals surface area (Å²) < 4.78 is 2.06. The molecule has 5 heteroatoms. The lowest BCUT2D eigenvalue weighted by atomic mass is 10.0. The molecule has 0 aliphatic carbocycles. The highest BCUT2D eigenvalue weighted by atomic mass is 32.2. The lowest BCUT2D eigenvalue weighted by Gasteiger charge is -2.16. The van der Waals surface area contributed by atoms with E-state index in [1.807, 2.05) is 61.5 Å². The molecule has 0 bridgehead atoms. The summed E-state index contributed by atoms with van der Waals surface area (Å²) >= 11 is 3.41. The van der Waals surface area contributed by atoms with Crippen LogP contribution in [0.15, 0.2) is 107 Å². The van der Waals surface area contributed by atoms with Crippen LogP contribution in [-0.4, -0.2) is 10.9 Å². The number of hydrogen-bond acceptors (Lipinski definition) is 4. The van der Waals surface area contributed by atoms with Crippen molar-refractivity contribution >= 4 is 44.9 Å². The van der Waals surface area contributed by atoms with Gasteiger partial charge in [0.05, 0.1) is 15.5 Å². The summed E-state index contributed by atoms with van der Waals surface area (Å²) in [6, 6.07) is 34.6. The number of rotatable bonds is 6. The van der Waals surface area contributed by atoms with E-state index in [9.17, 15) is 4.79 Å². The van der Waals surface area contributed by atoms with Crippen LogP contribution >= 0.6 is 23.1 Å². The molecule has 1 N–H and O–H groups in total. The number of carbonyl (C=O) groups is 1. The highest BCUT2D eigenvalue weighted by Gasteiger charge is 2.18. The molecule has 0 aliphatic rings. The third kappa shape index (κ3) is 4.85. The first-order chi connectivity index (χ1) is 16.2. The minimum absolute atomic E-state index is 0.0974. The van der Waals surface area contributed by atoms with Gasteiger partial charge >= 0.3 is 0 Å². The number of thiazole rings is 1. The van der Waals surface area contributed by atoms with Crippen LogP contribution in [0.4, 0.5) is 5.69 Å². The quantitative estimate of drug-likeness (QED) is 0.260. The van der Waals surface area contributed by atoms with E-state index in [0.717, 1.165) is 25.8 Å². The van der Waals surface area contributed by atoms with Crippen molar-refractivity contribution in [3.63, 3.8) is 0 Å². The van der Waals surface area contributed by atoms with Crippen LogP contribution in [0.3, 0.4) is 0 Å². The van der Waals surface area contributed by atoms with E-state index in [1.54, 1.807) is 23.1 Å². The SMILES string of the molecule is Cc1ccccc1C(=O)Nc1ccc2nc(SC(c3ccccc3)c3ccccc3)sc2c1. The number of anilines is 1. The summed E-state index contributed by atoms with van der Waals surface area (Å²) in [5, 5.41) is 3.19. The van der Waals surface area contributed by atoms with Gasteiger partial charge < -0.3 is 5.32 Å². The van der Waals surface area contributed by atoms with Gasteiger partial charge in [0.25, 0.3) is 5.91 Å². The van der Waals surface area contributed by atoms with Crippen LogP contribution in [0.2, 0.25) is 0 Å². The van der Waals surface area contributed by atoms with Gasteiger partial charge in [-0.25, -0.2) is 4.98 Å². The molecular formula is C28H22N2OS2. The van der Waals surface area contributed by atoms with Crippen LogP contribution in [0, 0.1) is 6.92 Å². The molecule has 0 unspecified atom stereocenters. The Balaban J connectivity index is 1.41. The average molecular weight is 467 g/mol. The minimum atomic E-state index is -0.0974. The maximum Gasteiger partial charge on any atom is 0.255 e. The third-order valence-corrected chi connectivity index (χ3v) is 7.86. The first-order valence-electron chi connectivity index (χ1n) is 10.7. The number of aryl methyl sites for hydroxylation is 1. The lowest BCUT2D eigenvalue weighted by molar-refractivity contribution is 0.102. The molecule has 0 fully saturated rings. The minimum Gasteiger partial charge on any atom is -0.322 e. The van der Waals surface area contributed by atoms with Crippen LogP contribution in [-0.2, 0) is 0 Å². The van der Waals surface area contributed by atoms with E-state index < -0.39 is 0 Å². The topological polar surface area (TPSA) is 42.0 Å². The van der Waals surface area contributed by atoms with Crippen LogP contribution in [0.1, 0.15) is 32.3 Å². The second kappa shape index (κ2) is 9.61. The van der Waals surface area contributed by atoms with Crippen molar-refractivity contribution in [1.82, 2.24) is 4.98 Å². The predicted molar refractivity (Wildman–Crippen MR) is 139 cm³/mol. The number of carbonyl (C=O) groups excluding carboxylic acids is 1. The number of amides is 1. The molecule has 0 aliphatic heterocycles. The zero-order valence-corrected chi connectivity index (χ0v) is 19.7. The Morgan fingerprint density at radius 3 is 2.15 bits per heavy atom. The predicted octanol–water partition coefficient (Wildman–Crippen LogP) is 7.74. The average Bonchev–Trinajstić information content (AvgIpc) is 3.26. The van der Waals surface area contributed by atoms with E-state index in [0.29, 0.717) is 5.56 Å². The molecule has 5 aromatic rings. The summed E-state index contributed by atoms with van der Waals surface area (Å²) in [7, 11) is 0. The zero-order chi connectivity index (χ0) is 22.6. The smallest absolute Gasteiger partial charge is 0.255 e. The molecule has 0 saturated carbocycles. The molecule has 0 saturated heterocycles. The zero-order valence-electron chi connectivity index (χ0n) is 18.1. The molecular weight excluding hydrogens is 444 g/mol.